The number of carbonyl (C=O) groups excluding carboxylic acids is 1. The fourth-order valence-corrected chi connectivity index (χ4v) is 2.27. The molecule has 0 bridgehead atoms. The number of hydrogen-bond donors (Lipinski definition) is 2. The van der Waals surface area contributed by atoms with Gasteiger partial charge in [0.2, 0.25) is 0 Å². The fraction of sp³-hybridized carbons (Fsp3) is 0.273. The molecule has 0 aromatic carbocycles. The van der Waals surface area contributed by atoms with Gasteiger partial charge in [-0.25, -0.2) is 0 Å². The quantitative estimate of drug-likeness (QED) is 0.840. The average molecular weight is 235 g/mol. The lowest BCUT2D eigenvalue weighted by atomic mass is 10.3. The minimum Gasteiger partial charge on any atom is -0.304 e. The smallest absolute Gasteiger partial charge is 0.266 e. The average Bonchev–Trinajstić information content (AvgIpc) is 2.75. The second-order valence-electron chi connectivity index (χ2n) is 3.74. The monoisotopic (exact) mass is 235 g/mol. The molecular formula is C11H13N3OS. The van der Waals surface area contributed by atoms with E-state index >= 15 is 0 Å². The van der Waals surface area contributed by atoms with E-state index in [1.54, 1.807) is 6.07 Å². The molecule has 2 N–H and O–H groups in total. The van der Waals surface area contributed by atoms with E-state index < -0.39 is 0 Å². The van der Waals surface area contributed by atoms with E-state index in [-0.39, 0.29) is 5.91 Å². The van der Waals surface area contributed by atoms with Crippen molar-refractivity contribution in [1.29, 1.82) is 0 Å². The summed E-state index contributed by atoms with van der Waals surface area (Å²) in [4.78, 5) is 13.7. The number of H-pyrrole nitrogens is 1. The minimum absolute atomic E-state index is 0.104. The van der Waals surface area contributed by atoms with Crippen molar-refractivity contribution in [1.82, 2.24) is 10.2 Å². The number of rotatable bonds is 2. The number of hydrogen-bond acceptors (Lipinski definition) is 3. The maximum Gasteiger partial charge on any atom is 0.266 e. The number of carbonyl (C=O) groups is 1. The first-order valence-electron chi connectivity index (χ1n) is 4.96. The van der Waals surface area contributed by atoms with Crippen molar-refractivity contribution in [3.63, 3.8) is 0 Å². The van der Waals surface area contributed by atoms with Crippen molar-refractivity contribution in [3.8, 4) is 0 Å². The minimum atomic E-state index is -0.104. The summed E-state index contributed by atoms with van der Waals surface area (Å²) in [6.07, 6.45) is 0. The molecule has 2 aromatic rings. The predicted molar refractivity (Wildman–Crippen MR) is 65.1 cm³/mol. The SMILES string of the molecule is Cc1cc(NC(=O)c2cc(C)c(C)s2)n[nH]1. The van der Waals surface area contributed by atoms with E-state index in [4.69, 9.17) is 0 Å². The van der Waals surface area contributed by atoms with Gasteiger partial charge in [0, 0.05) is 16.6 Å². The Morgan fingerprint density at radius 3 is 2.62 bits per heavy atom. The molecular weight excluding hydrogens is 222 g/mol. The van der Waals surface area contributed by atoms with Crippen molar-refractivity contribution in [2.75, 3.05) is 5.32 Å². The first-order valence-corrected chi connectivity index (χ1v) is 5.78. The molecule has 2 rings (SSSR count). The van der Waals surface area contributed by atoms with Crippen LogP contribution in [0, 0.1) is 20.8 Å². The lowest BCUT2D eigenvalue weighted by molar-refractivity contribution is 0.103. The van der Waals surface area contributed by atoms with Crippen LogP contribution in [0.1, 0.15) is 25.8 Å². The van der Waals surface area contributed by atoms with Crippen molar-refractivity contribution in [3.05, 3.63) is 33.1 Å². The van der Waals surface area contributed by atoms with Crippen molar-refractivity contribution >= 4 is 23.1 Å². The van der Waals surface area contributed by atoms with Crippen LogP contribution >= 0.6 is 11.3 Å². The van der Waals surface area contributed by atoms with Gasteiger partial charge in [-0.15, -0.1) is 11.3 Å². The summed E-state index contributed by atoms with van der Waals surface area (Å²) in [5.41, 5.74) is 2.07. The Morgan fingerprint density at radius 1 is 1.38 bits per heavy atom. The molecule has 0 aliphatic carbocycles. The van der Waals surface area contributed by atoms with Gasteiger partial charge in [-0.05, 0) is 32.4 Å². The van der Waals surface area contributed by atoms with Crippen LogP contribution in [0.5, 0.6) is 0 Å². The van der Waals surface area contributed by atoms with Gasteiger partial charge >= 0.3 is 0 Å². The van der Waals surface area contributed by atoms with Gasteiger partial charge in [-0.1, -0.05) is 0 Å². The molecule has 1 amide bonds. The highest BCUT2D eigenvalue weighted by atomic mass is 32.1. The lowest BCUT2D eigenvalue weighted by Gasteiger charge is -1.97. The predicted octanol–water partition coefficient (Wildman–Crippen LogP) is 2.65. The third kappa shape index (κ3) is 2.14. The number of amides is 1. The van der Waals surface area contributed by atoms with Crippen LogP contribution in [0.25, 0.3) is 0 Å². The first-order chi connectivity index (χ1) is 7.56. The van der Waals surface area contributed by atoms with Gasteiger partial charge in [0.15, 0.2) is 5.82 Å². The Bertz CT molecular complexity index is 508. The molecule has 0 spiro atoms. The van der Waals surface area contributed by atoms with E-state index in [1.807, 2.05) is 26.8 Å². The van der Waals surface area contributed by atoms with Gasteiger partial charge in [-0.3, -0.25) is 9.89 Å². The number of aromatic nitrogens is 2. The molecule has 0 saturated carbocycles. The van der Waals surface area contributed by atoms with Gasteiger partial charge in [0.05, 0.1) is 4.88 Å². The zero-order chi connectivity index (χ0) is 11.7. The highest BCUT2D eigenvalue weighted by Gasteiger charge is 2.11. The van der Waals surface area contributed by atoms with Crippen molar-refractivity contribution in [2.45, 2.75) is 20.8 Å². The summed E-state index contributed by atoms with van der Waals surface area (Å²) in [7, 11) is 0. The van der Waals surface area contributed by atoms with E-state index in [9.17, 15) is 4.79 Å². The topological polar surface area (TPSA) is 57.8 Å². The summed E-state index contributed by atoms with van der Waals surface area (Å²) in [5, 5.41) is 9.49. The van der Waals surface area contributed by atoms with Crippen molar-refractivity contribution in [2.24, 2.45) is 0 Å². The van der Waals surface area contributed by atoms with Crippen LogP contribution in [0.2, 0.25) is 0 Å². The van der Waals surface area contributed by atoms with Crippen LogP contribution in [0.15, 0.2) is 12.1 Å². The van der Waals surface area contributed by atoms with Gasteiger partial charge < -0.3 is 5.32 Å². The second-order valence-corrected chi connectivity index (χ2v) is 5.00. The zero-order valence-corrected chi connectivity index (χ0v) is 10.2. The van der Waals surface area contributed by atoms with Crippen LogP contribution in [0.4, 0.5) is 5.82 Å². The largest absolute Gasteiger partial charge is 0.304 e. The summed E-state index contributed by atoms with van der Waals surface area (Å²) in [6, 6.07) is 3.69. The molecule has 2 heterocycles. The van der Waals surface area contributed by atoms with E-state index in [0.717, 1.165) is 16.1 Å². The highest BCUT2D eigenvalue weighted by molar-refractivity contribution is 7.14. The van der Waals surface area contributed by atoms with Gasteiger partial charge in [0.25, 0.3) is 5.91 Å². The molecule has 84 valence electrons. The van der Waals surface area contributed by atoms with Crippen LogP contribution in [0.3, 0.4) is 0 Å². The Labute approximate surface area is 97.7 Å². The number of aryl methyl sites for hydroxylation is 3. The standard InChI is InChI=1S/C11H13N3OS/c1-6-4-9(16-8(6)3)11(15)12-10-5-7(2)13-14-10/h4-5H,1-3H3,(H2,12,13,14,15). The number of aromatic amines is 1. The maximum atomic E-state index is 11.8. The number of nitrogens with one attached hydrogen (secondary N) is 2. The molecule has 0 aliphatic heterocycles. The number of anilines is 1. The Morgan fingerprint density at radius 2 is 2.12 bits per heavy atom. The summed E-state index contributed by atoms with van der Waals surface area (Å²) < 4.78 is 0. The molecule has 2 aromatic heterocycles. The lowest BCUT2D eigenvalue weighted by Crippen LogP contribution is -2.10. The Balaban J connectivity index is 2.14. The number of thiophene rings is 1. The van der Waals surface area contributed by atoms with E-state index in [2.05, 4.69) is 15.5 Å². The van der Waals surface area contributed by atoms with Crippen LogP contribution < -0.4 is 5.32 Å². The Kier molecular flexibility index (Phi) is 2.78. The Hall–Kier alpha value is -1.62. The third-order valence-corrected chi connectivity index (χ3v) is 3.49. The molecule has 0 aliphatic rings. The van der Waals surface area contributed by atoms with E-state index in [0.29, 0.717) is 5.82 Å². The van der Waals surface area contributed by atoms with Gasteiger partial charge in [0.1, 0.15) is 0 Å². The van der Waals surface area contributed by atoms with E-state index in [1.165, 1.54) is 16.2 Å². The third-order valence-electron chi connectivity index (χ3n) is 2.34. The first kappa shape index (κ1) is 10.9. The zero-order valence-electron chi connectivity index (χ0n) is 9.42. The molecule has 16 heavy (non-hydrogen) atoms. The van der Waals surface area contributed by atoms with Gasteiger partial charge in [-0.2, -0.15) is 5.10 Å². The molecule has 0 atom stereocenters. The maximum absolute atomic E-state index is 11.8. The molecule has 0 saturated heterocycles. The van der Waals surface area contributed by atoms with Crippen molar-refractivity contribution < 1.29 is 4.79 Å². The molecule has 0 unspecified atom stereocenters. The summed E-state index contributed by atoms with van der Waals surface area (Å²) >= 11 is 1.50. The number of nitrogens with zero attached hydrogens (tertiary/aromatic N) is 1. The molecule has 5 heteroatoms. The second kappa shape index (κ2) is 4.09. The summed E-state index contributed by atoms with van der Waals surface area (Å²) in [5.74, 6) is 0.457. The van der Waals surface area contributed by atoms with Crippen LogP contribution in [-0.2, 0) is 0 Å². The summed E-state index contributed by atoms with van der Waals surface area (Å²) in [6.45, 7) is 5.90. The molecule has 0 radical (unpaired) electrons. The van der Waals surface area contributed by atoms with Crippen LogP contribution in [-0.4, -0.2) is 16.1 Å². The molecule has 0 fully saturated rings. The highest BCUT2D eigenvalue weighted by Crippen LogP contribution is 2.21. The fourth-order valence-electron chi connectivity index (χ4n) is 1.35. The molecule has 4 nitrogen and oxygen atoms in total. The normalized spacial score (nSPS) is 10.4.